The highest BCUT2D eigenvalue weighted by atomic mass is 16.5. The Labute approximate surface area is 173 Å². The molecule has 0 fully saturated rings. The van der Waals surface area contributed by atoms with E-state index in [4.69, 9.17) is 4.74 Å². The number of rotatable bonds is 7. The number of para-hydroxylation sites is 1. The maximum atomic E-state index is 11.4. The van der Waals surface area contributed by atoms with E-state index in [0.717, 1.165) is 22.6 Å². The van der Waals surface area contributed by atoms with Crippen LogP contribution in [0.1, 0.15) is 22.3 Å². The number of aryl methyl sites for hydroxylation is 3. The second-order valence-electron chi connectivity index (χ2n) is 7.19. The van der Waals surface area contributed by atoms with Gasteiger partial charge in [0, 0.05) is 29.6 Å². The molecule has 0 bridgehead atoms. The topological polar surface area (TPSA) is 29.5 Å². The van der Waals surface area contributed by atoms with Gasteiger partial charge in [0.1, 0.15) is 0 Å². The zero-order chi connectivity index (χ0) is 20.8. The van der Waals surface area contributed by atoms with Crippen molar-refractivity contribution in [2.24, 2.45) is 0 Å². The van der Waals surface area contributed by atoms with E-state index in [1.54, 1.807) is 0 Å². The third kappa shape index (κ3) is 4.94. The molecule has 0 saturated heterocycles. The highest BCUT2D eigenvalue weighted by Gasteiger charge is 2.16. The Morgan fingerprint density at radius 3 is 2.31 bits per heavy atom. The summed E-state index contributed by atoms with van der Waals surface area (Å²) in [4.78, 5) is 13.7. The standard InChI is InChI=1S/C26H27NO2/c1-5-26(28)29-17-16-22-8-6-7-9-25(22)27(23-13-10-19(2)11-14-23)24-15-12-20(3)21(4)18-24/h5-15,18H,1,16-17H2,2-4H3. The van der Waals surface area contributed by atoms with Crippen LogP contribution in [0.4, 0.5) is 17.1 Å². The van der Waals surface area contributed by atoms with E-state index >= 15 is 0 Å². The molecule has 0 aliphatic rings. The van der Waals surface area contributed by atoms with Crippen molar-refractivity contribution in [2.45, 2.75) is 27.2 Å². The first-order valence-electron chi connectivity index (χ1n) is 9.80. The largest absolute Gasteiger partial charge is 0.462 e. The van der Waals surface area contributed by atoms with Crippen molar-refractivity contribution in [3.05, 3.63) is 102 Å². The zero-order valence-corrected chi connectivity index (χ0v) is 17.3. The monoisotopic (exact) mass is 385 g/mol. The zero-order valence-electron chi connectivity index (χ0n) is 17.3. The van der Waals surface area contributed by atoms with Crippen LogP contribution in [-0.4, -0.2) is 12.6 Å². The van der Waals surface area contributed by atoms with Crippen LogP contribution in [0.25, 0.3) is 0 Å². The van der Waals surface area contributed by atoms with Crippen LogP contribution in [0.15, 0.2) is 79.4 Å². The molecule has 148 valence electrons. The molecular weight excluding hydrogens is 358 g/mol. The average Bonchev–Trinajstić information content (AvgIpc) is 2.73. The number of benzene rings is 3. The predicted molar refractivity (Wildman–Crippen MR) is 120 cm³/mol. The minimum Gasteiger partial charge on any atom is -0.462 e. The van der Waals surface area contributed by atoms with Gasteiger partial charge in [-0.15, -0.1) is 0 Å². The molecule has 3 rings (SSSR count). The van der Waals surface area contributed by atoms with E-state index in [0.29, 0.717) is 13.0 Å². The summed E-state index contributed by atoms with van der Waals surface area (Å²) < 4.78 is 5.22. The van der Waals surface area contributed by atoms with Gasteiger partial charge in [-0.1, -0.05) is 48.5 Å². The predicted octanol–water partition coefficient (Wildman–Crippen LogP) is 6.35. The maximum absolute atomic E-state index is 11.4. The number of carbonyl (C=O) groups is 1. The summed E-state index contributed by atoms with van der Waals surface area (Å²) in [5.41, 5.74) is 8.12. The van der Waals surface area contributed by atoms with Crippen LogP contribution in [0.5, 0.6) is 0 Å². The molecule has 0 radical (unpaired) electrons. The first-order chi connectivity index (χ1) is 14.0. The number of nitrogens with zero attached hydrogens (tertiary/aromatic N) is 1. The van der Waals surface area contributed by atoms with Gasteiger partial charge in [0.2, 0.25) is 0 Å². The number of carbonyl (C=O) groups excluding carboxylic acids is 1. The number of hydrogen-bond donors (Lipinski definition) is 0. The van der Waals surface area contributed by atoms with Crippen molar-refractivity contribution >= 4 is 23.0 Å². The molecule has 3 heteroatoms. The minimum absolute atomic E-state index is 0.316. The van der Waals surface area contributed by atoms with Gasteiger partial charge in [-0.3, -0.25) is 0 Å². The van der Waals surface area contributed by atoms with Gasteiger partial charge in [0.05, 0.1) is 6.61 Å². The summed E-state index contributed by atoms with van der Waals surface area (Å²) in [6.07, 6.45) is 1.82. The summed E-state index contributed by atoms with van der Waals surface area (Å²) in [5, 5.41) is 0. The second kappa shape index (κ2) is 9.24. The molecule has 0 amide bonds. The fourth-order valence-corrected chi connectivity index (χ4v) is 3.25. The van der Waals surface area contributed by atoms with Crippen molar-refractivity contribution in [3.8, 4) is 0 Å². The van der Waals surface area contributed by atoms with Gasteiger partial charge >= 0.3 is 5.97 Å². The lowest BCUT2D eigenvalue weighted by atomic mass is 10.0. The molecule has 0 N–H and O–H groups in total. The van der Waals surface area contributed by atoms with E-state index in [9.17, 15) is 4.79 Å². The van der Waals surface area contributed by atoms with Gasteiger partial charge in [0.15, 0.2) is 0 Å². The molecule has 3 nitrogen and oxygen atoms in total. The molecule has 29 heavy (non-hydrogen) atoms. The van der Waals surface area contributed by atoms with Gasteiger partial charge in [-0.25, -0.2) is 4.79 Å². The van der Waals surface area contributed by atoms with Crippen molar-refractivity contribution < 1.29 is 9.53 Å². The first-order valence-corrected chi connectivity index (χ1v) is 9.80. The van der Waals surface area contributed by atoms with Crippen LogP contribution < -0.4 is 4.90 Å². The molecule has 0 unspecified atom stereocenters. The van der Waals surface area contributed by atoms with E-state index in [1.807, 2.05) is 12.1 Å². The van der Waals surface area contributed by atoms with E-state index in [2.05, 4.69) is 86.8 Å². The molecule has 3 aromatic rings. The fraction of sp³-hybridized carbons (Fsp3) is 0.192. The van der Waals surface area contributed by atoms with E-state index in [1.165, 1.54) is 22.8 Å². The van der Waals surface area contributed by atoms with Crippen molar-refractivity contribution in [2.75, 3.05) is 11.5 Å². The Morgan fingerprint density at radius 1 is 0.931 bits per heavy atom. The molecule has 0 saturated carbocycles. The number of anilines is 3. The van der Waals surface area contributed by atoms with Crippen molar-refractivity contribution in [1.29, 1.82) is 0 Å². The fourth-order valence-electron chi connectivity index (χ4n) is 3.25. The highest BCUT2D eigenvalue weighted by molar-refractivity contribution is 5.81. The lowest BCUT2D eigenvalue weighted by Crippen LogP contribution is -2.14. The molecule has 0 heterocycles. The van der Waals surface area contributed by atoms with E-state index < -0.39 is 5.97 Å². The Kier molecular flexibility index (Phi) is 6.50. The van der Waals surface area contributed by atoms with Gasteiger partial charge in [-0.05, 0) is 67.8 Å². The van der Waals surface area contributed by atoms with Crippen LogP contribution >= 0.6 is 0 Å². The smallest absolute Gasteiger partial charge is 0.330 e. The minimum atomic E-state index is -0.396. The quantitative estimate of drug-likeness (QED) is 0.350. The summed E-state index contributed by atoms with van der Waals surface area (Å²) in [6, 6.07) is 23.3. The maximum Gasteiger partial charge on any atom is 0.330 e. The molecule has 3 aromatic carbocycles. The number of ether oxygens (including phenoxy) is 1. The summed E-state index contributed by atoms with van der Waals surface area (Å²) >= 11 is 0. The third-order valence-corrected chi connectivity index (χ3v) is 5.06. The van der Waals surface area contributed by atoms with Crippen LogP contribution in [0.2, 0.25) is 0 Å². The summed E-state index contributed by atoms with van der Waals surface area (Å²) in [7, 11) is 0. The lowest BCUT2D eigenvalue weighted by molar-refractivity contribution is -0.137. The molecule has 0 atom stereocenters. The van der Waals surface area contributed by atoms with Gasteiger partial charge in [0.25, 0.3) is 0 Å². The Bertz CT molecular complexity index is 1010. The van der Waals surface area contributed by atoms with Crippen molar-refractivity contribution in [3.63, 3.8) is 0 Å². The average molecular weight is 386 g/mol. The molecular formula is C26H27NO2. The normalized spacial score (nSPS) is 10.4. The number of esters is 1. The highest BCUT2D eigenvalue weighted by Crippen LogP contribution is 2.37. The lowest BCUT2D eigenvalue weighted by Gasteiger charge is -2.28. The van der Waals surface area contributed by atoms with Crippen molar-refractivity contribution in [1.82, 2.24) is 0 Å². The molecule has 0 spiro atoms. The summed E-state index contributed by atoms with van der Waals surface area (Å²) in [5.74, 6) is -0.396. The van der Waals surface area contributed by atoms with E-state index in [-0.39, 0.29) is 0 Å². The van der Waals surface area contributed by atoms with Gasteiger partial charge < -0.3 is 9.64 Å². The SMILES string of the molecule is C=CC(=O)OCCc1ccccc1N(c1ccc(C)cc1)c1ccc(C)c(C)c1. The molecule has 0 aromatic heterocycles. The Balaban J connectivity index is 2.04. The van der Waals surface area contributed by atoms with Crippen LogP contribution in [0.3, 0.4) is 0 Å². The Hall–Kier alpha value is -3.33. The second-order valence-corrected chi connectivity index (χ2v) is 7.19. The van der Waals surface area contributed by atoms with Crippen LogP contribution in [0, 0.1) is 20.8 Å². The Morgan fingerprint density at radius 2 is 1.62 bits per heavy atom. The molecule has 0 aliphatic carbocycles. The number of hydrogen-bond acceptors (Lipinski definition) is 3. The third-order valence-electron chi connectivity index (χ3n) is 5.06. The molecule has 0 aliphatic heterocycles. The van der Waals surface area contributed by atoms with Gasteiger partial charge in [-0.2, -0.15) is 0 Å². The van der Waals surface area contributed by atoms with Crippen LogP contribution in [-0.2, 0) is 16.0 Å². The first kappa shape index (κ1) is 20.4. The summed E-state index contributed by atoms with van der Waals surface area (Å²) in [6.45, 7) is 10.1.